The molecule has 5 heteroatoms. The lowest BCUT2D eigenvalue weighted by atomic mass is 10.0. The van der Waals surface area contributed by atoms with Gasteiger partial charge in [-0.15, -0.1) is 0 Å². The smallest absolute Gasteiger partial charge is 0.261 e. The molecule has 0 saturated carbocycles. The van der Waals surface area contributed by atoms with Gasteiger partial charge in [-0.25, -0.2) is 9.37 Å². The molecule has 4 rings (SSSR count). The third-order valence-electron chi connectivity index (χ3n) is 4.70. The quantitative estimate of drug-likeness (QED) is 0.684. The highest BCUT2D eigenvalue weighted by molar-refractivity contribution is 5.83. The van der Waals surface area contributed by atoms with Gasteiger partial charge in [-0.05, 0) is 53.8 Å². The first kappa shape index (κ1) is 15.6. The predicted octanol–water partition coefficient (Wildman–Crippen LogP) is 3.98. The lowest BCUT2D eigenvalue weighted by molar-refractivity contribution is 0.460. The molecular formula is C20H17FN2O2. The molecule has 4 nitrogen and oxygen atoms in total. The first-order valence-electron chi connectivity index (χ1n) is 8.27. The van der Waals surface area contributed by atoms with E-state index in [4.69, 9.17) is 0 Å². The van der Waals surface area contributed by atoms with Crippen molar-refractivity contribution in [2.45, 2.75) is 25.8 Å². The number of aryl methyl sites for hydroxylation is 1. The molecule has 25 heavy (non-hydrogen) atoms. The Hall–Kier alpha value is -2.95. The number of rotatable bonds is 1. The van der Waals surface area contributed by atoms with Crippen LogP contribution in [0.2, 0.25) is 0 Å². The van der Waals surface area contributed by atoms with Gasteiger partial charge in [0, 0.05) is 13.0 Å². The van der Waals surface area contributed by atoms with Crippen molar-refractivity contribution >= 4 is 10.9 Å². The van der Waals surface area contributed by atoms with Crippen LogP contribution in [0, 0.1) is 5.82 Å². The fraction of sp³-hybridized carbons (Fsp3) is 0.200. The lowest BCUT2D eigenvalue weighted by Crippen LogP contribution is -2.24. The van der Waals surface area contributed by atoms with E-state index in [-0.39, 0.29) is 11.4 Å². The number of hydrogen-bond donors (Lipinski definition) is 1. The van der Waals surface area contributed by atoms with Crippen LogP contribution in [0.3, 0.4) is 0 Å². The van der Waals surface area contributed by atoms with Crippen LogP contribution in [0.15, 0.2) is 59.1 Å². The first-order chi connectivity index (χ1) is 12.2. The minimum atomic E-state index is -0.295. The zero-order valence-corrected chi connectivity index (χ0v) is 13.6. The van der Waals surface area contributed by atoms with Crippen molar-refractivity contribution in [1.29, 1.82) is 0 Å². The molecule has 0 bridgehead atoms. The SMILES string of the molecule is O=c1c2ccc(-c3cccc(F)c3)cc2nc2n1CC/C(=C\O)CC2. The molecule has 0 spiro atoms. The zero-order valence-electron chi connectivity index (χ0n) is 13.6. The Morgan fingerprint density at radius 1 is 1.08 bits per heavy atom. The van der Waals surface area contributed by atoms with Crippen LogP contribution in [0.1, 0.15) is 18.7 Å². The van der Waals surface area contributed by atoms with Crippen molar-refractivity contribution in [2.75, 3.05) is 0 Å². The second kappa shape index (κ2) is 6.16. The van der Waals surface area contributed by atoms with Gasteiger partial charge in [0.2, 0.25) is 0 Å². The molecule has 1 aliphatic heterocycles. The standard InChI is InChI=1S/C20H17FN2O2/c21-16-3-1-2-14(10-16)15-5-6-17-18(11-15)22-19-7-4-13(12-24)8-9-23(19)20(17)25/h1-3,5-6,10-12,24H,4,7-9H2/b13-12-. The van der Waals surface area contributed by atoms with Gasteiger partial charge >= 0.3 is 0 Å². The fourth-order valence-electron chi connectivity index (χ4n) is 3.32. The number of aromatic nitrogens is 2. The zero-order chi connectivity index (χ0) is 17.4. The number of hydrogen-bond acceptors (Lipinski definition) is 3. The van der Waals surface area contributed by atoms with Crippen LogP contribution in [-0.4, -0.2) is 14.7 Å². The minimum absolute atomic E-state index is 0.0648. The van der Waals surface area contributed by atoms with E-state index in [1.165, 1.54) is 12.1 Å². The van der Waals surface area contributed by atoms with Crippen molar-refractivity contribution in [3.05, 3.63) is 76.3 Å². The molecule has 0 amide bonds. The maximum atomic E-state index is 13.5. The van der Waals surface area contributed by atoms with Gasteiger partial charge in [-0.1, -0.05) is 18.2 Å². The minimum Gasteiger partial charge on any atom is -0.516 e. The Morgan fingerprint density at radius 2 is 1.92 bits per heavy atom. The van der Waals surface area contributed by atoms with Crippen molar-refractivity contribution in [1.82, 2.24) is 9.55 Å². The van der Waals surface area contributed by atoms with E-state index < -0.39 is 0 Å². The average Bonchev–Trinajstić information content (AvgIpc) is 2.84. The molecule has 126 valence electrons. The first-order valence-corrected chi connectivity index (χ1v) is 8.27. The van der Waals surface area contributed by atoms with Gasteiger partial charge in [0.05, 0.1) is 17.2 Å². The molecule has 1 N–H and O–H groups in total. The summed E-state index contributed by atoms with van der Waals surface area (Å²) in [6, 6.07) is 11.8. The van der Waals surface area contributed by atoms with E-state index in [1.807, 2.05) is 18.2 Å². The summed E-state index contributed by atoms with van der Waals surface area (Å²) >= 11 is 0. The van der Waals surface area contributed by atoms with Crippen LogP contribution < -0.4 is 5.56 Å². The summed E-state index contributed by atoms with van der Waals surface area (Å²) in [5.74, 6) is 0.432. The fourth-order valence-corrected chi connectivity index (χ4v) is 3.32. The summed E-state index contributed by atoms with van der Waals surface area (Å²) < 4.78 is 15.2. The maximum absolute atomic E-state index is 13.5. The second-order valence-electron chi connectivity index (χ2n) is 6.26. The van der Waals surface area contributed by atoms with E-state index in [1.54, 1.807) is 16.7 Å². The number of nitrogens with zero attached hydrogens (tertiary/aromatic N) is 2. The van der Waals surface area contributed by atoms with E-state index in [0.717, 1.165) is 28.8 Å². The summed E-state index contributed by atoms with van der Waals surface area (Å²) in [6.07, 6.45) is 3.09. The Balaban J connectivity index is 1.86. The molecule has 0 fully saturated rings. The highest BCUT2D eigenvalue weighted by Gasteiger charge is 2.16. The number of fused-ring (bicyclic) bond motifs is 2. The van der Waals surface area contributed by atoms with E-state index in [0.29, 0.717) is 36.7 Å². The maximum Gasteiger partial charge on any atom is 0.261 e. The molecule has 0 radical (unpaired) electrons. The Morgan fingerprint density at radius 3 is 2.72 bits per heavy atom. The van der Waals surface area contributed by atoms with Crippen molar-refractivity contribution < 1.29 is 9.50 Å². The Labute approximate surface area is 143 Å². The highest BCUT2D eigenvalue weighted by Crippen LogP contribution is 2.24. The van der Waals surface area contributed by atoms with E-state index in [2.05, 4.69) is 4.98 Å². The molecule has 3 aromatic rings. The van der Waals surface area contributed by atoms with Crippen LogP contribution >= 0.6 is 0 Å². The lowest BCUT2D eigenvalue weighted by Gasteiger charge is -2.11. The highest BCUT2D eigenvalue weighted by atomic mass is 19.1. The van der Waals surface area contributed by atoms with Crippen LogP contribution in [-0.2, 0) is 13.0 Å². The number of aliphatic hydroxyl groups is 1. The second-order valence-corrected chi connectivity index (χ2v) is 6.26. The third kappa shape index (κ3) is 2.82. The largest absolute Gasteiger partial charge is 0.516 e. The summed E-state index contributed by atoms with van der Waals surface area (Å²) in [5.41, 5.74) is 3.06. The van der Waals surface area contributed by atoms with Crippen LogP contribution in [0.25, 0.3) is 22.0 Å². The molecule has 1 aromatic heterocycles. The molecule has 2 heterocycles. The Bertz CT molecular complexity index is 1050. The topological polar surface area (TPSA) is 55.1 Å². The van der Waals surface area contributed by atoms with Crippen molar-refractivity contribution in [3.63, 3.8) is 0 Å². The van der Waals surface area contributed by atoms with Gasteiger partial charge in [-0.3, -0.25) is 9.36 Å². The Kier molecular flexibility index (Phi) is 3.84. The van der Waals surface area contributed by atoms with Gasteiger partial charge in [0.25, 0.3) is 5.56 Å². The molecule has 0 aliphatic carbocycles. The average molecular weight is 336 g/mol. The monoisotopic (exact) mass is 336 g/mol. The number of benzene rings is 2. The van der Waals surface area contributed by atoms with E-state index in [9.17, 15) is 14.3 Å². The van der Waals surface area contributed by atoms with Gasteiger partial charge < -0.3 is 5.11 Å². The van der Waals surface area contributed by atoms with Gasteiger partial charge in [0.15, 0.2) is 0 Å². The molecule has 0 unspecified atom stereocenters. The molecular weight excluding hydrogens is 319 g/mol. The summed E-state index contributed by atoms with van der Waals surface area (Å²) in [7, 11) is 0. The van der Waals surface area contributed by atoms with Gasteiger partial charge in [-0.2, -0.15) is 0 Å². The molecule has 2 aromatic carbocycles. The predicted molar refractivity (Wildman–Crippen MR) is 95.0 cm³/mol. The van der Waals surface area contributed by atoms with Crippen LogP contribution in [0.4, 0.5) is 4.39 Å². The summed E-state index contributed by atoms with van der Waals surface area (Å²) in [4.78, 5) is 17.5. The molecule has 0 saturated heterocycles. The number of allylic oxidation sites excluding steroid dienone is 1. The number of halogens is 1. The summed E-state index contributed by atoms with van der Waals surface area (Å²) in [5, 5.41) is 9.79. The van der Waals surface area contributed by atoms with Gasteiger partial charge in [0.1, 0.15) is 11.6 Å². The van der Waals surface area contributed by atoms with Crippen molar-refractivity contribution in [3.8, 4) is 11.1 Å². The molecule has 1 aliphatic rings. The normalized spacial score (nSPS) is 16.0. The van der Waals surface area contributed by atoms with Crippen LogP contribution in [0.5, 0.6) is 0 Å². The third-order valence-corrected chi connectivity index (χ3v) is 4.70. The number of aliphatic hydroxyl groups excluding tert-OH is 1. The molecule has 0 atom stereocenters. The van der Waals surface area contributed by atoms with Crippen molar-refractivity contribution in [2.24, 2.45) is 0 Å². The summed E-state index contributed by atoms with van der Waals surface area (Å²) in [6.45, 7) is 0.523. The van der Waals surface area contributed by atoms with E-state index >= 15 is 0 Å².